The molecule has 37 heavy (non-hydrogen) atoms. The summed E-state index contributed by atoms with van der Waals surface area (Å²) in [5.74, 6) is -0.998. The second kappa shape index (κ2) is 10.7. The standard InChI is InChI=1S/C29H30N2O6/c1-5-36-24-14-20(8-10-22(24)32)26-25(27(33)21-9-11-23(18(4)13-21)37-17(2)3)28(34)29(35)31(26)16-19-7-6-12-30-15-19/h6-15,17,26,32-33H,5,16H2,1-4H3/t26-/m1/s1. The molecule has 1 atom stereocenters. The minimum absolute atomic E-state index is 0.0232. The third-order valence-electron chi connectivity index (χ3n) is 6.03. The number of aliphatic hydroxyl groups is 1. The molecular weight excluding hydrogens is 472 g/mol. The topological polar surface area (TPSA) is 109 Å². The molecule has 1 aliphatic heterocycles. The van der Waals surface area contributed by atoms with E-state index in [4.69, 9.17) is 9.47 Å². The predicted molar refractivity (Wildman–Crippen MR) is 138 cm³/mol. The molecule has 1 saturated heterocycles. The van der Waals surface area contributed by atoms with Crippen molar-refractivity contribution in [2.75, 3.05) is 6.61 Å². The lowest BCUT2D eigenvalue weighted by atomic mass is 9.94. The number of benzene rings is 2. The number of aromatic hydroxyl groups is 1. The van der Waals surface area contributed by atoms with Crippen LogP contribution < -0.4 is 9.47 Å². The van der Waals surface area contributed by atoms with E-state index in [1.165, 1.54) is 11.0 Å². The number of carbonyl (C=O) groups excluding carboxylic acids is 2. The fraction of sp³-hybridized carbons (Fsp3) is 0.276. The zero-order chi connectivity index (χ0) is 26.7. The van der Waals surface area contributed by atoms with Crippen LogP contribution in [0.4, 0.5) is 0 Å². The molecule has 0 spiro atoms. The number of aliphatic hydroxyl groups excluding tert-OH is 1. The highest BCUT2D eigenvalue weighted by atomic mass is 16.5. The first-order valence-corrected chi connectivity index (χ1v) is 12.1. The van der Waals surface area contributed by atoms with Crippen molar-refractivity contribution in [3.05, 3.63) is 88.8 Å². The number of phenolic OH excluding ortho intramolecular Hbond substituents is 1. The molecule has 2 heterocycles. The lowest BCUT2D eigenvalue weighted by Gasteiger charge is -2.26. The number of ketones is 1. The average Bonchev–Trinajstić information content (AvgIpc) is 3.11. The highest BCUT2D eigenvalue weighted by Crippen LogP contribution is 2.42. The Hall–Kier alpha value is -4.33. The van der Waals surface area contributed by atoms with Gasteiger partial charge in [-0.1, -0.05) is 12.1 Å². The van der Waals surface area contributed by atoms with E-state index in [9.17, 15) is 19.8 Å². The molecule has 1 amide bonds. The second-order valence-corrected chi connectivity index (χ2v) is 9.10. The summed E-state index contributed by atoms with van der Waals surface area (Å²) < 4.78 is 11.3. The van der Waals surface area contributed by atoms with Gasteiger partial charge in [0.15, 0.2) is 11.5 Å². The van der Waals surface area contributed by atoms with Gasteiger partial charge in [0.1, 0.15) is 11.5 Å². The second-order valence-electron chi connectivity index (χ2n) is 9.10. The number of nitrogens with zero attached hydrogens (tertiary/aromatic N) is 2. The number of aryl methyl sites for hydroxylation is 1. The van der Waals surface area contributed by atoms with Gasteiger partial charge >= 0.3 is 0 Å². The molecule has 2 N–H and O–H groups in total. The summed E-state index contributed by atoms with van der Waals surface area (Å²) in [5.41, 5.74) is 2.37. The summed E-state index contributed by atoms with van der Waals surface area (Å²) in [6.07, 6.45) is 3.22. The smallest absolute Gasteiger partial charge is 0.295 e. The minimum atomic E-state index is -0.910. The van der Waals surface area contributed by atoms with Gasteiger partial charge in [-0.25, -0.2) is 0 Å². The molecule has 1 aromatic heterocycles. The van der Waals surface area contributed by atoms with Gasteiger partial charge in [-0.05, 0) is 80.8 Å². The van der Waals surface area contributed by atoms with Gasteiger partial charge in [-0.3, -0.25) is 14.6 Å². The number of rotatable bonds is 8. The van der Waals surface area contributed by atoms with Crippen LogP contribution >= 0.6 is 0 Å². The summed E-state index contributed by atoms with van der Waals surface area (Å²) in [7, 11) is 0. The average molecular weight is 503 g/mol. The van der Waals surface area contributed by atoms with E-state index in [0.29, 0.717) is 23.5 Å². The Labute approximate surface area is 215 Å². The van der Waals surface area contributed by atoms with E-state index in [1.54, 1.807) is 55.7 Å². The number of phenols is 1. The fourth-order valence-corrected chi connectivity index (χ4v) is 4.39. The largest absolute Gasteiger partial charge is 0.507 e. The van der Waals surface area contributed by atoms with E-state index in [-0.39, 0.29) is 35.5 Å². The SMILES string of the molecule is CCOc1cc([C@@H]2C(=C(O)c3ccc(OC(C)C)c(C)c3)C(=O)C(=O)N2Cc2cccnc2)ccc1O. The van der Waals surface area contributed by atoms with Crippen LogP contribution in [0, 0.1) is 6.92 Å². The van der Waals surface area contributed by atoms with Crippen LogP contribution in [-0.4, -0.2) is 44.5 Å². The molecule has 0 radical (unpaired) electrons. The Balaban J connectivity index is 1.86. The molecular formula is C29H30N2O6. The number of hydrogen-bond donors (Lipinski definition) is 2. The van der Waals surface area contributed by atoms with Crippen LogP contribution in [-0.2, 0) is 16.1 Å². The first-order valence-electron chi connectivity index (χ1n) is 12.1. The van der Waals surface area contributed by atoms with E-state index in [2.05, 4.69) is 4.98 Å². The van der Waals surface area contributed by atoms with Crippen molar-refractivity contribution in [3.63, 3.8) is 0 Å². The zero-order valence-corrected chi connectivity index (χ0v) is 21.3. The Bertz CT molecular complexity index is 1350. The molecule has 1 aliphatic rings. The number of pyridine rings is 1. The van der Waals surface area contributed by atoms with Crippen LogP contribution in [0.3, 0.4) is 0 Å². The summed E-state index contributed by atoms with van der Waals surface area (Å²) >= 11 is 0. The molecule has 2 aromatic carbocycles. The number of amides is 1. The molecule has 8 heteroatoms. The van der Waals surface area contributed by atoms with Crippen molar-refractivity contribution in [2.24, 2.45) is 0 Å². The Morgan fingerprint density at radius 1 is 1.11 bits per heavy atom. The predicted octanol–water partition coefficient (Wildman–Crippen LogP) is 4.90. The van der Waals surface area contributed by atoms with Crippen molar-refractivity contribution in [1.29, 1.82) is 0 Å². The van der Waals surface area contributed by atoms with E-state index in [0.717, 1.165) is 11.1 Å². The maximum Gasteiger partial charge on any atom is 0.295 e. The minimum Gasteiger partial charge on any atom is -0.507 e. The molecule has 0 unspecified atom stereocenters. The normalized spacial score (nSPS) is 16.9. The molecule has 192 valence electrons. The number of aromatic nitrogens is 1. The van der Waals surface area contributed by atoms with Crippen LogP contribution in [0.15, 0.2) is 66.5 Å². The van der Waals surface area contributed by atoms with Crippen molar-refractivity contribution in [3.8, 4) is 17.2 Å². The highest BCUT2D eigenvalue weighted by molar-refractivity contribution is 6.46. The van der Waals surface area contributed by atoms with E-state index >= 15 is 0 Å². The number of ether oxygens (including phenoxy) is 2. The van der Waals surface area contributed by atoms with Gasteiger partial charge in [-0.15, -0.1) is 0 Å². The molecule has 0 aliphatic carbocycles. The van der Waals surface area contributed by atoms with Gasteiger partial charge in [0.25, 0.3) is 11.7 Å². The van der Waals surface area contributed by atoms with Crippen LogP contribution in [0.5, 0.6) is 17.2 Å². The van der Waals surface area contributed by atoms with E-state index < -0.39 is 17.7 Å². The molecule has 1 fully saturated rings. The third-order valence-corrected chi connectivity index (χ3v) is 6.03. The summed E-state index contributed by atoms with van der Waals surface area (Å²) in [6.45, 7) is 7.90. The van der Waals surface area contributed by atoms with Gasteiger partial charge in [0.2, 0.25) is 0 Å². The van der Waals surface area contributed by atoms with E-state index in [1.807, 2.05) is 26.8 Å². The molecule has 0 bridgehead atoms. The van der Waals surface area contributed by atoms with Crippen LogP contribution in [0.2, 0.25) is 0 Å². The summed E-state index contributed by atoms with van der Waals surface area (Å²) in [4.78, 5) is 32.1. The van der Waals surface area contributed by atoms with Crippen LogP contribution in [0.25, 0.3) is 5.76 Å². The zero-order valence-electron chi connectivity index (χ0n) is 21.3. The lowest BCUT2D eigenvalue weighted by molar-refractivity contribution is -0.140. The highest BCUT2D eigenvalue weighted by Gasteiger charge is 2.46. The van der Waals surface area contributed by atoms with Crippen molar-refractivity contribution < 1.29 is 29.3 Å². The number of carbonyl (C=O) groups is 2. The van der Waals surface area contributed by atoms with Crippen molar-refractivity contribution >= 4 is 17.4 Å². The van der Waals surface area contributed by atoms with Crippen LogP contribution in [0.1, 0.15) is 49.1 Å². The lowest BCUT2D eigenvalue weighted by Crippen LogP contribution is -2.29. The monoisotopic (exact) mass is 502 g/mol. The van der Waals surface area contributed by atoms with Gasteiger partial charge in [-0.2, -0.15) is 0 Å². The fourth-order valence-electron chi connectivity index (χ4n) is 4.39. The molecule has 4 rings (SSSR count). The Kier molecular flexibility index (Phi) is 7.47. The first kappa shape index (κ1) is 25.8. The quantitative estimate of drug-likeness (QED) is 0.256. The maximum atomic E-state index is 13.3. The molecule has 0 saturated carbocycles. The number of hydrogen-bond acceptors (Lipinski definition) is 7. The summed E-state index contributed by atoms with van der Waals surface area (Å²) in [5, 5.41) is 21.6. The van der Waals surface area contributed by atoms with Crippen molar-refractivity contribution in [1.82, 2.24) is 9.88 Å². The van der Waals surface area contributed by atoms with Gasteiger partial charge in [0.05, 0.1) is 24.3 Å². The summed E-state index contributed by atoms with van der Waals surface area (Å²) in [6, 6.07) is 12.4. The van der Waals surface area contributed by atoms with Gasteiger partial charge in [0, 0.05) is 24.5 Å². The van der Waals surface area contributed by atoms with Crippen molar-refractivity contribution in [2.45, 2.75) is 46.4 Å². The Morgan fingerprint density at radius 3 is 2.54 bits per heavy atom. The third kappa shape index (κ3) is 5.28. The van der Waals surface area contributed by atoms with Gasteiger partial charge < -0.3 is 24.6 Å². The maximum absolute atomic E-state index is 13.3. The molecule has 3 aromatic rings. The first-order chi connectivity index (χ1) is 17.7. The Morgan fingerprint density at radius 2 is 1.89 bits per heavy atom. The number of Topliss-reactive ketones (excluding diaryl/α,β-unsaturated/α-hetero) is 1. The molecule has 8 nitrogen and oxygen atoms in total. The number of likely N-dealkylation sites (tertiary alicyclic amines) is 1.